The molecule has 3 heteroatoms. The molecule has 4 unspecified atom stereocenters. The van der Waals surface area contributed by atoms with Crippen molar-refractivity contribution in [3.8, 4) is 0 Å². The second-order valence-electron chi connectivity index (χ2n) is 5.53. The zero-order chi connectivity index (χ0) is 12.8. The predicted octanol–water partition coefficient (Wildman–Crippen LogP) is 2.11. The quantitative estimate of drug-likeness (QED) is 0.725. The third kappa shape index (κ3) is 4.23. The topological polar surface area (TPSA) is 38.5 Å². The first-order valence-corrected chi connectivity index (χ1v) is 7.17. The molecule has 0 spiro atoms. The highest BCUT2D eigenvalue weighted by Gasteiger charge is 2.34. The minimum atomic E-state index is 0.329. The monoisotopic (exact) mass is 242 g/mol. The molecule has 17 heavy (non-hydrogen) atoms. The highest BCUT2D eigenvalue weighted by molar-refractivity contribution is 4.91. The summed E-state index contributed by atoms with van der Waals surface area (Å²) in [6.45, 7) is 12.7. The molecule has 4 atom stereocenters. The van der Waals surface area contributed by atoms with E-state index in [4.69, 9.17) is 10.5 Å². The Kier molecular flexibility index (Phi) is 6.45. The van der Waals surface area contributed by atoms with E-state index in [1.54, 1.807) is 0 Å². The van der Waals surface area contributed by atoms with E-state index < -0.39 is 0 Å². The maximum atomic E-state index is 6.36. The van der Waals surface area contributed by atoms with Gasteiger partial charge in [0.25, 0.3) is 0 Å². The summed E-state index contributed by atoms with van der Waals surface area (Å²) >= 11 is 0. The zero-order valence-corrected chi connectivity index (χ0v) is 12.0. The van der Waals surface area contributed by atoms with Gasteiger partial charge < -0.3 is 10.5 Å². The third-order valence-electron chi connectivity index (χ3n) is 4.03. The number of ether oxygens (including phenoxy) is 1. The van der Waals surface area contributed by atoms with Crippen molar-refractivity contribution in [3.63, 3.8) is 0 Å². The van der Waals surface area contributed by atoms with Crippen molar-refractivity contribution < 1.29 is 4.74 Å². The summed E-state index contributed by atoms with van der Waals surface area (Å²) < 4.78 is 5.47. The first-order chi connectivity index (χ1) is 8.10. The van der Waals surface area contributed by atoms with Crippen molar-refractivity contribution in [1.29, 1.82) is 0 Å². The molecule has 0 aromatic rings. The predicted molar refractivity (Wildman–Crippen MR) is 73.1 cm³/mol. The van der Waals surface area contributed by atoms with Gasteiger partial charge >= 0.3 is 0 Å². The number of rotatable bonds is 6. The highest BCUT2D eigenvalue weighted by Crippen LogP contribution is 2.31. The number of nitrogens with two attached hydrogens (primary N) is 1. The van der Waals surface area contributed by atoms with Gasteiger partial charge in [0.05, 0.1) is 6.61 Å². The summed E-state index contributed by atoms with van der Waals surface area (Å²) in [5, 5.41) is 0. The van der Waals surface area contributed by atoms with Crippen LogP contribution >= 0.6 is 0 Å². The van der Waals surface area contributed by atoms with E-state index >= 15 is 0 Å². The van der Waals surface area contributed by atoms with Crippen LogP contribution in [0.5, 0.6) is 0 Å². The van der Waals surface area contributed by atoms with Crippen molar-refractivity contribution >= 4 is 0 Å². The lowest BCUT2D eigenvalue weighted by Crippen LogP contribution is -2.55. The molecule has 1 aliphatic rings. The van der Waals surface area contributed by atoms with Gasteiger partial charge in [-0.3, -0.25) is 4.90 Å². The molecular weight excluding hydrogens is 212 g/mol. The highest BCUT2D eigenvalue weighted by atomic mass is 16.5. The Morgan fingerprint density at radius 3 is 2.47 bits per heavy atom. The average Bonchev–Trinajstić information content (AvgIpc) is 2.25. The number of hydrogen-bond donors (Lipinski definition) is 1. The Morgan fingerprint density at radius 1 is 1.24 bits per heavy atom. The Morgan fingerprint density at radius 2 is 1.94 bits per heavy atom. The molecule has 0 radical (unpaired) electrons. The maximum absolute atomic E-state index is 6.36. The van der Waals surface area contributed by atoms with Crippen LogP contribution in [0.4, 0.5) is 0 Å². The smallest absolute Gasteiger partial charge is 0.0593 e. The molecule has 102 valence electrons. The zero-order valence-electron chi connectivity index (χ0n) is 12.0. The van der Waals surface area contributed by atoms with Gasteiger partial charge in [0.1, 0.15) is 0 Å². The number of likely N-dealkylation sites (N-methyl/N-ethyl adjacent to an activating group) is 1. The molecule has 1 saturated carbocycles. The van der Waals surface area contributed by atoms with Gasteiger partial charge in [0.15, 0.2) is 0 Å². The molecule has 3 nitrogen and oxygen atoms in total. The number of hydrogen-bond acceptors (Lipinski definition) is 3. The van der Waals surface area contributed by atoms with E-state index in [0.29, 0.717) is 18.0 Å². The Bertz CT molecular complexity index is 198. The van der Waals surface area contributed by atoms with Gasteiger partial charge in [0.2, 0.25) is 0 Å². The van der Waals surface area contributed by atoms with Crippen LogP contribution in [0.1, 0.15) is 40.5 Å². The van der Waals surface area contributed by atoms with Crippen LogP contribution in [-0.2, 0) is 4.74 Å². The van der Waals surface area contributed by atoms with E-state index in [1.165, 1.54) is 12.8 Å². The van der Waals surface area contributed by atoms with E-state index in [0.717, 1.165) is 32.2 Å². The maximum Gasteiger partial charge on any atom is 0.0593 e. The summed E-state index contributed by atoms with van der Waals surface area (Å²) in [5.41, 5.74) is 6.36. The Balaban J connectivity index is 2.53. The van der Waals surface area contributed by atoms with Crippen LogP contribution in [0.3, 0.4) is 0 Å². The van der Waals surface area contributed by atoms with E-state index in [-0.39, 0.29) is 0 Å². The molecule has 1 fully saturated rings. The van der Waals surface area contributed by atoms with Crippen molar-refractivity contribution in [2.45, 2.75) is 52.6 Å². The fraction of sp³-hybridized carbons (Fsp3) is 1.00. The molecule has 0 aromatic carbocycles. The van der Waals surface area contributed by atoms with Crippen LogP contribution in [-0.4, -0.2) is 43.3 Å². The molecular formula is C14H30N2O. The molecule has 0 bridgehead atoms. The van der Waals surface area contributed by atoms with Crippen molar-refractivity contribution in [3.05, 3.63) is 0 Å². The minimum Gasteiger partial charge on any atom is -0.380 e. The lowest BCUT2D eigenvalue weighted by molar-refractivity contribution is 0.0466. The normalized spacial score (nSPS) is 34.2. The molecule has 2 N–H and O–H groups in total. The van der Waals surface area contributed by atoms with Crippen molar-refractivity contribution in [2.24, 2.45) is 17.6 Å². The van der Waals surface area contributed by atoms with Gasteiger partial charge in [-0.05, 0) is 38.1 Å². The lowest BCUT2D eigenvalue weighted by atomic mass is 9.76. The van der Waals surface area contributed by atoms with Crippen LogP contribution in [0.2, 0.25) is 0 Å². The summed E-state index contributed by atoms with van der Waals surface area (Å²) in [4.78, 5) is 2.51. The van der Waals surface area contributed by atoms with Crippen molar-refractivity contribution in [2.75, 3.05) is 26.3 Å². The molecule has 0 amide bonds. The molecule has 0 heterocycles. The minimum absolute atomic E-state index is 0.329. The van der Waals surface area contributed by atoms with Crippen LogP contribution in [0.25, 0.3) is 0 Å². The Hall–Kier alpha value is -0.120. The van der Waals surface area contributed by atoms with Crippen LogP contribution in [0.15, 0.2) is 0 Å². The standard InChI is InChI=1S/C14H30N2O/c1-5-16(7-8-17-6-2)14-12(4)9-11(3)10-13(14)15/h11-14H,5-10,15H2,1-4H3. The molecule has 1 rings (SSSR count). The fourth-order valence-corrected chi connectivity index (χ4v) is 3.37. The average molecular weight is 242 g/mol. The van der Waals surface area contributed by atoms with Gasteiger partial charge in [-0.25, -0.2) is 0 Å². The van der Waals surface area contributed by atoms with Gasteiger partial charge in [-0.1, -0.05) is 20.8 Å². The second kappa shape index (κ2) is 7.34. The number of nitrogens with zero attached hydrogens (tertiary/aromatic N) is 1. The van der Waals surface area contributed by atoms with Crippen molar-refractivity contribution in [1.82, 2.24) is 4.90 Å². The van der Waals surface area contributed by atoms with E-state index in [2.05, 4.69) is 25.7 Å². The summed E-state index contributed by atoms with van der Waals surface area (Å²) in [6, 6.07) is 0.868. The first kappa shape index (κ1) is 14.9. The Labute approximate surface area is 107 Å². The van der Waals surface area contributed by atoms with Gasteiger partial charge in [0, 0.05) is 25.2 Å². The summed E-state index contributed by atoms with van der Waals surface area (Å²) in [5.74, 6) is 1.48. The molecule has 1 aliphatic carbocycles. The second-order valence-corrected chi connectivity index (χ2v) is 5.53. The fourth-order valence-electron chi connectivity index (χ4n) is 3.37. The van der Waals surface area contributed by atoms with Gasteiger partial charge in [-0.2, -0.15) is 0 Å². The van der Waals surface area contributed by atoms with Gasteiger partial charge in [-0.15, -0.1) is 0 Å². The third-order valence-corrected chi connectivity index (χ3v) is 4.03. The SMILES string of the molecule is CCOCCN(CC)C1C(C)CC(C)CC1N. The molecule has 0 saturated heterocycles. The van der Waals surface area contributed by atoms with E-state index in [9.17, 15) is 0 Å². The summed E-state index contributed by atoms with van der Waals surface area (Å²) in [7, 11) is 0. The largest absolute Gasteiger partial charge is 0.380 e. The van der Waals surface area contributed by atoms with Crippen LogP contribution < -0.4 is 5.73 Å². The molecule has 0 aliphatic heterocycles. The van der Waals surface area contributed by atoms with Crippen LogP contribution in [0, 0.1) is 11.8 Å². The first-order valence-electron chi connectivity index (χ1n) is 7.17. The molecule has 0 aromatic heterocycles. The van der Waals surface area contributed by atoms with E-state index in [1.807, 2.05) is 6.92 Å². The lowest BCUT2D eigenvalue weighted by Gasteiger charge is -2.44. The summed E-state index contributed by atoms with van der Waals surface area (Å²) in [6.07, 6.45) is 2.48.